The molecule has 24 heavy (non-hydrogen) atoms. The summed E-state index contributed by atoms with van der Waals surface area (Å²) in [5, 5.41) is 17.5. The summed E-state index contributed by atoms with van der Waals surface area (Å²) >= 11 is 0. The number of carboxylic acids is 1. The first-order valence-corrected chi connectivity index (χ1v) is 7.32. The number of benzene rings is 1. The number of ether oxygens (including phenoxy) is 1. The van der Waals surface area contributed by atoms with E-state index in [0.29, 0.717) is 22.8 Å². The zero-order valence-electron chi connectivity index (χ0n) is 13.3. The first-order chi connectivity index (χ1) is 11.6. The number of fused-ring (bicyclic) bond motifs is 1. The van der Waals surface area contributed by atoms with Gasteiger partial charge in [0.05, 0.1) is 24.9 Å². The number of pyridine rings is 1. The van der Waals surface area contributed by atoms with Crippen LogP contribution in [0.1, 0.15) is 11.3 Å². The van der Waals surface area contributed by atoms with E-state index in [4.69, 9.17) is 9.84 Å². The van der Waals surface area contributed by atoms with E-state index in [1.54, 1.807) is 35.8 Å². The molecule has 0 aliphatic heterocycles. The number of carbonyl (C=O) groups is 1. The second-order valence-corrected chi connectivity index (χ2v) is 5.28. The highest BCUT2D eigenvalue weighted by Gasteiger charge is 2.15. The van der Waals surface area contributed by atoms with Crippen LogP contribution in [0.3, 0.4) is 0 Å². The molecule has 3 aromatic rings. The van der Waals surface area contributed by atoms with Gasteiger partial charge in [0.1, 0.15) is 11.4 Å². The fourth-order valence-electron chi connectivity index (χ4n) is 2.30. The van der Waals surface area contributed by atoms with Gasteiger partial charge in [-0.25, -0.2) is 4.98 Å². The number of hydrogen-bond donors (Lipinski definition) is 1. The van der Waals surface area contributed by atoms with Crippen LogP contribution in [0.15, 0.2) is 52.8 Å². The van der Waals surface area contributed by atoms with Gasteiger partial charge in [-0.3, -0.25) is 9.20 Å². The molecule has 0 amide bonds. The molecule has 7 nitrogen and oxygen atoms in total. The van der Waals surface area contributed by atoms with Crippen LogP contribution < -0.4 is 4.74 Å². The Labute approximate surface area is 138 Å². The van der Waals surface area contributed by atoms with Gasteiger partial charge in [0.15, 0.2) is 5.82 Å². The Hall–Kier alpha value is -3.22. The molecule has 1 aromatic carbocycles. The SMILES string of the molecule is COc1ccc(N=Nc2c(CC(=O)O)nc3cc(C)ccn23)cc1. The first kappa shape index (κ1) is 15.7. The zero-order valence-corrected chi connectivity index (χ0v) is 13.3. The molecule has 0 aliphatic carbocycles. The number of nitrogens with zero attached hydrogens (tertiary/aromatic N) is 4. The molecule has 0 unspecified atom stereocenters. The molecule has 0 aliphatic rings. The number of aryl methyl sites for hydroxylation is 1. The van der Waals surface area contributed by atoms with Gasteiger partial charge in [0, 0.05) is 6.20 Å². The van der Waals surface area contributed by atoms with Crippen molar-refractivity contribution in [2.75, 3.05) is 7.11 Å². The third-order valence-electron chi connectivity index (χ3n) is 3.48. The Morgan fingerprint density at radius 2 is 2.00 bits per heavy atom. The summed E-state index contributed by atoms with van der Waals surface area (Å²) in [6.07, 6.45) is 1.60. The van der Waals surface area contributed by atoms with Crippen LogP contribution in [-0.4, -0.2) is 27.6 Å². The van der Waals surface area contributed by atoms with Gasteiger partial charge < -0.3 is 9.84 Å². The lowest BCUT2D eigenvalue weighted by atomic mass is 10.3. The van der Waals surface area contributed by atoms with E-state index in [0.717, 1.165) is 11.3 Å². The monoisotopic (exact) mass is 324 g/mol. The van der Waals surface area contributed by atoms with Crippen LogP contribution in [-0.2, 0) is 11.2 Å². The molecule has 0 saturated heterocycles. The molecule has 0 bridgehead atoms. The molecule has 122 valence electrons. The number of methoxy groups -OCH3 is 1. The summed E-state index contributed by atoms with van der Waals surface area (Å²) in [7, 11) is 1.59. The van der Waals surface area contributed by atoms with Gasteiger partial charge in [-0.1, -0.05) is 0 Å². The normalized spacial score (nSPS) is 11.2. The molecular formula is C17H16N4O3. The molecule has 0 atom stereocenters. The lowest BCUT2D eigenvalue weighted by Crippen LogP contribution is -2.00. The predicted molar refractivity (Wildman–Crippen MR) is 88.4 cm³/mol. The number of aromatic nitrogens is 2. The number of rotatable bonds is 5. The van der Waals surface area contributed by atoms with Crippen LogP contribution in [0.5, 0.6) is 5.75 Å². The summed E-state index contributed by atoms with van der Waals surface area (Å²) in [6, 6.07) is 10.9. The second-order valence-electron chi connectivity index (χ2n) is 5.28. The highest BCUT2D eigenvalue weighted by molar-refractivity contribution is 5.72. The van der Waals surface area contributed by atoms with E-state index in [1.807, 2.05) is 25.3 Å². The molecular weight excluding hydrogens is 308 g/mol. The van der Waals surface area contributed by atoms with Gasteiger partial charge in [-0.15, -0.1) is 10.2 Å². The van der Waals surface area contributed by atoms with E-state index in [1.165, 1.54) is 0 Å². The van der Waals surface area contributed by atoms with Gasteiger partial charge in [-0.05, 0) is 48.9 Å². The molecule has 0 fully saturated rings. The molecule has 3 rings (SSSR count). The Balaban J connectivity index is 2.02. The van der Waals surface area contributed by atoms with Crippen molar-refractivity contribution >= 4 is 23.1 Å². The van der Waals surface area contributed by atoms with Gasteiger partial charge in [-0.2, -0.15) is 0 Å². The quantitative estimate of drug-likeness (QED) is 0.725. The highest BCUT2D eigenvalue weighted by atomic mass is 16.5. The maximum Gasteiger partial charge on any atom is 0.309 e. The fourth-order valence-corrected chi connectivity index (χ4v) is 2.30. The molecule has 0 radical (unpaired) electrons. The summed E-state index contributed by atoms with van der Waals surface area (Å²) < 4.78 is 6.83. The lowest BCUT2D eigenvalue weighted by molar-refractivity contribution is -0.136. The number of carboxylic acid groups (broad SMARTS) is 1. The van der Waals surface area contributed by atoms with Crippen molar-refractivity contribution in [3.05, 3.63) is 53.9 Å². The summed E-state index contributed by atoms with van der Waals surface area (Å²) in [5.74, 6) is 0.185. The standard InChI is InChI=1S/C17H16N4O3/c1-11-7-8-21-15(9-11)18-14(10-16(22)23)17(21)20-19-12-3-5-13(24-2)6-4-12/h3-9H,10H2,1-2H3,(H,22,23). The largest absolute Gasteiger partial charge is 0.497 e. The Bertz CT molecular complexity index is 913. The summed E-state index contributed by atoms with van der Waals surface area (Å²) in [5.41, 5.74) is 2.70. The number of azo groups is 1. The van der Waals surface area contributed by atoms with Gasteiger partial charge in [0.25, 0.3) is 0 Å². The van der Waals surface area contributed by atoms with Crippen LogP contribution in [0.25, 0.3) is 5.65 Å². The molecule has 7 heteroatoms. The van der Waals surface area contributed by atoms with Crippen molar-refractivity contribution in [2.24, 2.45) is 10.2 Å². The van der Waals surface area contributed by atoms with Gasteiger partial charge in [0.2, 0.25) is 0 Å². The fraction of sp³-hybridized carbons (Fsp3) is 0.176. The minimum Gasteiger partial charge on any atom is -0.497 e. The Morgan fingerprint density at radius 1 is 1.25 bits per heavy atom. The lowest BCUT2D eigenvalue weighted by Gasteiger charge is -2.00. The zero-order chi connectivity index (χ0) is 17.1. The third-order valence-corrected chi connectivity index (χ3v) is 3.48. The van der Waals surface area contributed by atoms with Crippen LogP contribution in [0, 0.1) is 6.92 Å². The van der Waals surface area contributed by atoms with Crippen molar-refractivity contribution in [3.8, 4) is 5.75 Å². The number of hydrogen-bond acceptors (Lipinski definition) is 5. The van der Waals surface area contributed by atoms with Gasteiger partial charge >= 0.3 is 5.97 Å². The second kappa shape index (κ2) is 6.49. The van der Waals surface area contributed by atoms with E-state index in [-0.39, 0.29) is 6.42 Å². The average Bonchev–Trinajstić information content (AvgIpc) is 2.88. The van der Waals surface area contributed by atoms with E-state index in [9.17, 15) is 4.79 Å². The predicted octanol–water partition coefficient (Wildman–Crippen LogP) is 3.69. The Kier molecular flexibility index (Phi) is 4.24. The minimum absolute atomic E-state index is 0.211. The van der Waals surface area contributed by atoms with Crippen molar-refractivity contribution in [2.45, 2.75) is 13.3 Å². The highest BCUT2D eigenvalue weighted by Crippen LogP contribution is 2.26. The van der Waals surface area contributed by atoms with Crippen molar-refractivity contribution in [3.63, 3.8) is 0 Å². The molecule has 2 heterocycles. The smallest absolute Gasteiger partial charge is 0.309 e. The van der Waals surface area contributed by atoms with E-state index in [2.05, 4.69) is 15.2 Å². The minimum atomic E-state index is -0.962. The first-order valence-electron chi connectivity index (χ1n) is 7.32. The van der Waals surface area contributed by atoms with E-state index < -0.39 is 5.97 Å². The van der Waals surface area contributed by atoms with Crippen molar-refractivity contribution in [1.82, 2.24) is 9.38 Å². The van der Waals surface area contributed by atoms with Crippen molar-refractivity contribution < 1.29 is 14.6 Å². The van der Waals surface area contributed by atoms with E-state index >= 15 is 0 Å². The van der Waals surface area contributed by atoms with Crippen LogP contribution in [0.4, 0.5) is 11.5 Å². The number of imidazole rings is 1. The summed E-state index contributed by atoms with van der Waals surface area (Å²) in [6.45, 7) is 1.95. The number of aliphatic carboxylic acids is 1. The third kappa shape index (κ3) is 3.24. The molecule has 2 aromatic heterocycles. The Morgan fingerprint density at radius 3 is 2.67 bits per heavy atom. The maximum absolute atomic E-state index is 11.1. The average molecular weight is 324 g/mol. The molecule has 1 N–H and O–H groups in total. The summed E-state index contributed by atoms with van der Waals surface area (Å²) in [4.78, 5) is 15.4. The molecule has 0 spiro atoms. The van der Waals surface area contributed by atoms with Crippen molar-refractivity contribution in [1.29, 1.82) is 0 Å². The maximum atomic E-state index is 11.1. The van der Waals surface area contributed by atoms with Crippen LogP contribution >= 0.6 is 0 Å². The topological polar surface area (TPSA) is 88.5 Å². The molecule has 0 saturated carbocycles. The van der Waals surface area contributed by atoms with Crippen LogP contribution in [0.2, 0.25) is 0 Å².